The molecule has 0 spiro atoms. The molecular weight excluding hydrogens is 264 g/mol. The summed E-state index contributed by atoms with van der Waals surface area (Å²) in [6, 6.07) is 7.61. The minimum absolute atomic E-state index is 0.0793. The highest BCUT2D eigenvalue weighted by Crippen LogP contribution is 2.20. The Morgan fingerprint density at radius 2 is 2.05 bits per heavy atom. The smallest absolute Gasteiger partial charge is 0.221 e. The van der Waals surface area contributed by atoms with Gasteiger partial charge in [-0.1, -0.05) is 19.9 Å². The van der Waals surface area contributed by atoms with E-state index in [0.29, 0.717) is 5.92 Å². The molecule has 1 aromatic carbocycles. The molecule has 1 amide bonds. The molecule has 0 saturated heterocycles. The van der Waals surface area contributed by atoms with Crippen LogP contribution in [0.15, 0.2) is 30.5 Å². The maximum Gasteiger partial charge on any atom is 0.221 e. The van der Waals surface area contributed by atoms with Crippen molar-refractivity contribution in [1.82, 2.24) is 9.55 Å². The Labute approximate surface area is 125 Å². The molecule has 5 heteroatoms. The highest BCUT2D eigenvalue weighted by molar-refractivity contribution is 5.89. The summed E-state index contributed by atoms with van der Waals surface area (Å²) >= 11 is 0. The first-order valence-corrected chi connectivity index (χ1v) is 7.12. The van der Waals surface area contributed by atoms with E-state index in [0.717, 1.165) is 29.6 Å². The molecule has 0 saturated carbocycles. The van der Waals surface area contributed by atoms with Gasteiger partial charge in [-0.15, -0.1) is 0 Å². The number of hydrogen-bond donors (Lipinski definition) is 2. The van der Waals surface area contributed by atoms with Crippen LogP contribution in [0.5, 0.6) is 0 Å². The van der Waals surface area contributed by atoms with Crippen molar-refractivity contribution in [2.75, 3.05) is 10.6 Å². The van der Waals surface area contributed by atoms with Crippen LogP contribution < -0.4 is 10.6 Å². The number of nitrogens with one attached hydrogen (secondary N) is 2. The Kier molecular flexibility index (Phi) is 4.62. The molecule has 1 aromatic heterocycles. The molecule has 1 heterocycles. The van der Waals surface area contributed by atoms with Gasteiger partial charge in [-0.05, 0) is 31.0 Å². The second-order valence-corrected chi connectivity index (χ2v) is 5.64. The van der Waals surface area contributed by atoms with Crippen molar-refractivity contribution in [2.24, 2.45) is 5.92 Å². The molecule has 21 heavy (non-hydrogen) atoms. The summed E-state index contributed by atoms with van der Waals surface area (Å²) in [6.45, 7) is 8.75. The van der Waals surface area contributed by atoms with Crippen LogP contribution in [-0.4, -0.2) is 15.5 Å². The zero-order valence-corrected chi connectivity index (χ0v) is 13.0. The second kappa shape index (κ2) is 6.43. The van der Waals surface area contributed by atoms with E-state index in [1.54, 1.807) is 0 Å². The fourth-order valence-corrected chi connectivity index (χ4v) is 2.19. The minimum atomic E-state index is -0.0793. The van der Waals surface area contributed by atoms with Crippen LogP contribution in [0.2, 0.25) is 0 Å². The second-order valence-electron chi connectivity index (χ2n) is 5.64. The highest BCUT2D eigenvalue weighted by atomic mass is 16.1. The van der Waals surface area contributed by atoms with E-state index < -0.39 is 0 Å². The van der Waals surface area contributed by atoms with Gasteiger partial charge < -0.3 is 15.2 Å². The van der Waals surface area contributed by atoms with Gasteiger partial charge in [-0.3, -0.25) is 4.79 Å². The number of rotatable bonds is 5. The first kappa shape index (κ1) is 15.1. The van der Waals surface area contributed by atoms with Gasteiger partial charge >= 0.3 is 0 Å². The van der Waals surface area contributed by atoms with Crippen molar-refractivity contribution < 1.29 is 4.79 Å². The molecule has 5 nitrogen and oxygen atoms in total. The molecule has 0 aliphatic carbocycles. The first-order chi connectivity index (χ1) is 9.94. The van der Waals surface area contributed by atoms with E-state index in [-0.39, 0.29) is 5.91 Å². The molecule has 0 radical (unpaired) electrons. The molecule has 2 aromatic rings. The normalized spacial score (nSPS) is 10.7. The van der Waals surface area contributed by atoms with Crippen molar-refractivity contribution in [2.45, 2.75) is 34.2 Å². The molecule has 0 aliphatic rings. The van der Waals surface area contributed by atoms with Gasteiger partial charge in [0.2, 0.25) is 11.9 Å². The number of aryl methyl sites for hydroxylation is 1. The topological polar surface area (TPSA) is 59.0 Å². The molecule has 0 aliphatic heterocycles. The summed E-state index contributed by atoms with van der Waals surface area (Å²) in [5, 5.41) is 6.09. The van der Waals surface area contributed by atoms with E-state index in [1.165, 1.54) is 6.92 Å². The number of hydrogen-bond acceptors (Lipinski definition) is 3. The Morgan fingerprint density at radius 1 is 1.33 bits per heavy atom. The Balaban J connectivity index is 2.19. The van der Waals surface area contributed by atoms with Gasteiger partial charge in [-0.2, -0.15) is 0 Å². The molecule has 0 atom stereocenters. The van der Waals surface area contributed by atoms with Gasteiger partial charge in [-0.25, -0.2) is 4.98 Å². The van der Waals surface area contributed by atoms with Gasteiger partial charge in [0.05, 0.1) is 5.69 Å². The molecule has 0 fully saturated rings. The average molecular weight is 286 g/mol. The lowest BCUT2D eigenvalue weighted by atomic mass is 10.2. The third kappa shape index (κ3) is 4.34. The van der Waals surface area contributed by atoms with Crippen LogP contribution in [0.25, 0.3) is 0 Å². The molecular formula is C16H22N4O. The number of amides is 1. The number of carbonyl (C=O) groups excluding carboxylic acids is 1. The number of benzene rings is 1. The molecule has 0 unspecified atom stereocenters. The maximum absolute atomic E-state index is 11.1. The van der Waals surface area contributed by atoms with Crippen molar-refractivity contribution in [3.05, 3.63) is 36.2 Å². The first-order valence-electron chi connectivity index (χ1n) is 7.12. The highest BCUT2D eigenvalue weighted by Gasteiger charge is 2.08. The van der Waals surface area contributed by atoms with Crippen LogP contribution in [0.4, 0.5) is 17.3 Å². The van der Waals surface area contributed by atoms with E-state index in [9.17, 15) is 4.79 Å². The van der Waals surface area contributed by atoms with Crippen LogP contribution in [0, 0.1) is 12.8 Å². The number of anilines is 3. The SMILES string of the molecule is CC(=O)Nc1cccc(Nc2nc(C)cn2CC(C)C)c1. The number of aromatic nitrogens is 2. The van der Waals surface area contributed by atoms with Gasteiger partial charge in [0, 0.05) is 31.0 Å². The fraction of sp³-hybridized carbons (Fsp3) is 0.375. The summed E-state index contributed by atoms with van der Waals surface area (Å²) in [5.41, 5.74) is 2.65. The third-order valence-electron chi connectivity index (χ3n) is 2.90. The summed E-state index contributed by atoms with van der Waals surface area (Å²) in [4.78, 5) is 15.6. The monoisotopic (exact) mass is 286 g/mol. The van der Waals surface area contributed by atoms with Gasteiger partial charge in [0.25, 0.3) is 0 Å². The van der Waals surface area contributed by atoms with Gasteiger partial charge in [0.15, 0.2) is 0 Å². The van der Waals surface area contributed by atoms with Gasteiger partial charge in [0.1, 0.15) is 0 Å². The predicted molar refractivity (Wildman–Crippen MR) is 85.8 cm³/mol. The van der Waals surface area contributed by atoms with Crippen LogP contribution in [-0.2, 0) is 11.3 Å². The number of nitrogens with zero attached hydrogens (tertiary/aromatic N) is 2. The number of imidazole rings is 1. The lowest BCUT2D eigenvalue weighted by Crippen LogP contribution is -2.08. The van der Waals surface area contributed by atoms with Crippen LogP contribution >= 0.6 is 0 Å². The predicted octanol–water partition coefficient (Wildman–Crippen LogP) is 3.55. The van der Waals surface area contributed by atoms with E-state index in [1.807, 2.05) is 37.4 Å². The van der Waals surface area contributed by atoms with Crippen LogP contribution in [0.3, 0.4) is 0 Å². The summed E-state index contributed by atoms with van der Waals surface area (Å²) in [5.74, 6) is 1.29. The zero-order valence-electron chi connectivity index (χ0n) is 13.0. The van der Waals surface area contributed by atoms with E-state index in [4.69, 9.17) is 0 Å². The fourth-order valence-electron chi connectivity index (χ4n) is 2.19. The zero-order chi connectivity index (χ0) is 15.4. The number of carbonyl (C=O) groups is 1. The standard InChI is InChI=1S/C16H22N4O/c1-11(2)9-20-10-12(3)17-16(20)19-15-7-5-6-14(8-15)18-13(4)21/h5-8,10-11H,9H2,1-4H3,(H,17,19)(H,18,21). The maximum atomic E-state index is 11.1. The van der Waals surface area contributed by atoms with Crippen molar-refractivity contribution in [3.8, 4) is 0 Å². The largest absolute Gasteiger partial charge is 0.326 e. The molecule has 2 rings (SSSR count). The summed E-state index contributed by atoms with van der Waals surface area (Å²) in [6.07, 6.45) is 2.04. The van der Waals surface area contributed by atoms with E-state index in [2.05, 4.69) is 34.0 Å². The Hall–Kier alpha value is -2.30. The van der Waals surface area contributed by atoms with Crippen molar-refractivity contribution >= 4 is 23.2 Å². The summed E-state index contributed by atoms with van der Waals surface area (Å²) in [7, 11) is 0. The van der Waals surface area contributed by atoms with Crippen molar-refractivity contribution in [1.29, 1.82) is 0 Å². The Morgan fingerprint density at radius 3 is 2.71 bits per heavy atom. The lowest BCUT2D eigenvalue weighted by Gasteiger charge is -2.12. The average Bonchev–Trinajstić information content (AvgIpc) is 2.68. The Bertz CT molecular complexity index is 631. The third-order valence-corrected chi connectivity index (χ3v) is 2.90. The quantitative estimate of drug-likeness (QED) is 0.883. The minimum Gasteiger partial charge on any atom is -0.326 e. The van der Waals surface area contributed by atoms with E-state index >= 15 is 0 Å². The van der Waals surface area contributed by atoms with Crippen LogP contribution in [0.1, 0.15) is 26.5 Å². The van der Waals surface area contributed by atoms with Crippen molar-refractivity contribution in [3.63, 3.8) is 0 Å². The molecule has 0 bridgehead atoms. The lowest BCUT2D eigenvalue weighted by molar-refractivity contribution is -0.114. The summed E-state index contributed by atoms with van der Waals surface area (Å²) < 4.78 is 2.12. The molecule has 2 N–H and O–H groups in total. The molecule has 112 valence electrons.